The molecule has 0 aromatic heterocycles. The summed E-state index contributed by atoms with van der Waals surface area (Å²) >= 11 is 7.85. The van der Waals surface area contributed by atoms with Crippen molar-refractivity contribution < 1.29 is 9.53 Å². The molecule has 1 fully saturated rings. The molecule has 2 aliphatic rings. The summed E-state index contributed by atoms with van der Waals surface area (Å²) in [5, 5.41) is 11.5. The fourth-order valence-electron chi connectivity index (χ4n) is 4.35. The van der Waals surface area contributed by atoms with Gasteiger partial charge in [-0.15, -0.1) is 0 Å². The van der Waals surface area contributed by atoms with Crippen LogP contribution in [0.2, 0.25) is 5.02 Å². The number of allylic oxidation sites excluding steroid dienone is 1. The molecule has 7 heteroatoms. The number of thioether (sulfide) groups is 1. The Morgan fingerprint density at radius 1 is 1.11 bits per heavy atom. The van der Waals surface area contributed by atoms with Crippen molar-refractivity contribution in [2.45, 2.75) is 25.9 Å². The Kier molecular flexibility index (Phi) is 6.72. The van der Waals surface area contributed by atoms with Gasteiger partial charge in [0.05, 0.1) is 29.2 Å². The van der Waals surface area contributed by atoms with E-state index in [1.54, 1.807) is 4.90 Å². The Morgan fingerprint density at radius 2 is 1.94 bits per heavy atom. The van der Waals surface area contributed by atoms with Crippen LogP contribution in [-0.2, 0) is 11.4 Å². The summed E-state index contributed by atoms with van der Waals surface area (Å²) in [7, 11) is 0. The highest BCUT2D eigenvalue weighted by atomic mass is 35.5. The van der Waals surface area contributed by atoms with Crippen LogP contribution in [-0.4, -0.2) is 23.4 Å². The maximum Gasteiger partial charge on any atom is 0.229 e. The molecule has 0 spiro atoms. The zero-order valence-electron chi connectivity index (χ0n) is 19.3. The number of halogens is 1. The standard InChI is InChI=1S/C28H24ClN3O2S/c1-19-10-11-22(13-26(19)29)31-17-32-27(33)14-24(25(15-30)28(32)35-18-31)21-8-5-9-23(12-21)34-16-20-6-3-2-4-7-20/h2-13,24H,14,16-18H2,1H3/t24-/m0/s1. The number of rotatable bonds is 5. The van der Waals surface area contributed by atoms with Crippen LogP contribution in [0.4, 0.5) is 5.69 Å². The molecule has 5 rings (SSSR count). The van der Waals surface area contributed by atoms with Crippen molar-refractivity contribution in [2.75, 3.05) is 17.4 Å². The molecule has 0 bridgehead atoms. The first kappa shape index (κ1) is 23.3. The van der Waals surface area contributed by atoms with E-state index >= 15 is 0 Å². The maximum atomic E-state index is 13.3. The van der Waals surface area contributed by atoms with Gasteiger partial charge in [0.1, 0.15) is 12.4 Å². The molecule has 0 radical (unpaired) electrons. The number of amides is 1. The Balaban J connectivity index is 1.38. The van der Waals surface area contributed by atoms with Crippen LogP contribution in [0.25, 0.3) is 0 Å². The molecular formula is C28H24ClN3O2S. The molecule has 0 aliphatic carbocycles. The minimum Gasteiger partial charge on any atom is -0.489 e. The molecule has 176 valence electrons. The van der Waals surface area contributed by atoms with E-state index in [4.69, 9.17) is 16.3 Å². The SMILES string of the molecule is Cc1ccc(N2CSC3=C(C#N)[C@H](c4cccc(OCc5ccccc5)c4)CC(=O)N3C2)cc1Cl. The second-order valence-corrected chi connectivity index (χ2v) is 9.98. The monoisotopic (exact) mass is 501 g/mol. The van der Waals surface area contributed by atoms with Gasteiger partial charge in [0, 0.05) is 23.0 Å². The lowest BCUT2D eigenvalue weighted by molar-refractivity contribution is -0.129. The van der Waals surface area contributed by atoms with Crippen molar-refractivity contribution in [3.63, 3.8) is 0 Å². The van der Waals surface area contributed by atoms with Crippen LogP contribution in [0, 0.1) is 18.3 Å². The molecule has 35 heavy (non-hydrogen) atoms. The molecule has 1 amide bonds. The second kappa shape index (κ2) is 10.1. The number of anilines is 1. The van der Waals surface area contributed by atoms with Gasteiger partial charge in [0.25, 0.3) is 0 Å². The van der Waals surface area contributed by atoms with E-state index in [1.165, 1.54) is 11.8 Å². The first-order valence-corrected chi connectivity index (χ1v) is 12.7. The van der Waals surface area contributed by atoms with E-state index in [9.17, 15) is 10.1 Å². The molecule has 1 atom stereocenters. The van der Waals surface area contributed by atoms with Crippen LogP contribution in [0.15, 0.2) is 83.4 Å². The minimum atomic E-state index is -0.285. The van der Waals surface area contributed by atoms with Gasteiger partial charge in [-0.2, -0.15) is 5.26 Å². The third kappa shape index (κ3) is 4.88. The van der Waals surface area contributed by atoms with E-state index in [0.717, 1.165) is 33.2 Å². The predicted octanol–water partition coefficient (Wildman–Crippen LogP) is 6.45. The summed E-state index contributed by atoms with van der Waals surface area (Å²) in [6.45, 7) is 2.83. The van der Waals surface area contributed by atoms with Gasteiger partial charge < -0.3 is 9.64 Å². The smallest absolute Gasteiger partial charge is 0.229 e. The number of benzene rings is 3. The van der Waals surface area contributed by atoms with E-state index in [2.05, 4.69) is 11.0 Å². The molecule has 0 unspecified atom stereocenters. The number of aryl methyl sites for hydroxylation is 1. The fraction of sp³-hybridized carbons (Fsp3) is 0.214. The van der Waals surface area contributed by atoms with Crippen LogP contribution >= 0.6 is 23.4 Å². The van der Waals surface area contributed by atoms with Gasteiger partial charge >= 0.3 is 0 Å². The second-order valence-electron chi connectivity index (χ2n) is 8.64. The topological polar surface area (TPSA) is 56.6 Å². The molecule has 5 nitrogen and oxygen atoms in total. The fourth-order valence-corrected chi connectivity index (χ4v) is 5.69. The van der Waals surface area contributed by atoms with Gasteiger partial charge in [0.15, 0.2) is 0 Å². The number of nitriles is 1. The van der Waals surface area contributed by atoms with Crippen molar-refractivity contribution in [1.29, 1.82) is 5.26 Å². The third-order valence-corrected chi connectivity index (χ3v) is 7.88. The summed E-state index contributed by atoms with van der Waals surface area (Å²) in [4.78, 5) is 17.1. The number of hydrogen-bond acceptors (Lipinski definition) is 5. The van der Waals surface area contributed by atoms with Crippen molar-refractivity contribution in [3.8, 4) is 11.8 Å². The maximum absolute atomic E-state index is 13.3. The van der Waals surface area contributed by atoms with Crippen molar-refractivity contribution >= 4 is 35.0 Å². The zero-order valence-corrected chi connectivity index (χ0v) is 20.9. The highest BCUT2D eigenvalue weighted by molar-refractivity contribution is 8.03. The highest BCUT2D eigenvalue weighted by Crippen LogP contribution is 2.44. The molecule has 1 saturated heterocycles. The number of hydrogen-bond donors (Lipinski definition) is 0. The Morgan fingerprint density at radius 3 is 2.71 bits per heavy atom. The quantitative estimate of drug-likeness (QED) is 0.402. The van der Waals surface area contributed by atoms with Gasteiger partial charge in [0.2, 0.25) is 5.91 Å². The lowest BCUT2D eigenvalue weighted by Gasteiger charge is -2.42. The predicted molar refractivity (Wildman–Crippen MR) is 140 cm³/mol. The molecule has 3 aromatic rings. The first-order chi connectivity index (χ1) is 17.0. The number of carbonyl (C=O) groups is 1. The number of nitrogens with zero attached hydrogens (tertiary/aromatic N) is 3. The molecule has 3 aromatic carbocycles. The summed E-state index contributed by atoms with van der Waals surface area (Å²) in [6, 6.07) is 26.0. The lowest BCUT2D eigenvalue weighted by Crippen LogP contribution is -2.47. The van der Waals surface area contributed by atoms with Crippen molar-refractivity contribution in [1.82, 2.24) is 4.90 Å². The van der Waals surface area contributed by atoms with E-state index < -0.39 is 0 Å². The van der Waals surface area contributed by atoms with Crippen LogP contribution < -0.4 is 9.64 Å². The van der Waals surface area contributed by atoms with Crippen LogP contribution in [0.1, 0.15) is 29.0 Å². The van der Waals surface area contributed by atoms with Gasteiger partial charge in [-0.3, -0.25) is 9.69 Å². The Hall–Kier alpha value is -3.40. The van der Waals surface area contributed by atoms with E-state index in [-0.39, 0.29) is 18.2 Å². The average Bonchev–Trinajstić information content (AvgIpc) is 2.89. The van der Waals surface area contributed by atoms with Crippen LogP contribution in [0.3, 0.4) is 0 Å². The highest BCUT2D eigenvalue weighted by Gasteiger charge is 2.38. The zero-order chi connectivity index (χ0) is 24.4. The van der Waals surface area contributed by atoms with Crippen LogP contribution in [0.5, 0.6) is 5.75 Å². The Labute approximate surface area is 214 Å². The first-order valence-electron chi connectivity index (χ1n) is 11.4. The van der Waals surface area contributed by atoms with Crippen molar-refractivity contribution in [2.24, 2.45) is 0 Å². The largest absolute Gasteiger partial charge is 0.489 e. The summed E-state index contributed by atoms with van der Waals surface area (Å²) < 4.78 is 5.99. The molecular weight excluding hydrogens is 478 g/mol. The number of ether oxygens (including phenoxy) is 1. The molecule has 2 heterocycles. The molecule has 0 N–H and O–H groups in total. The van der Waals surface area contributed by atoms with E-state index in [0.29, 0.717) is 29.7 Å². The van der Waals surface area contributed by atoms with Crippen molar-refractivity contribution in [3.05, 3.63) is 105 Å². The lowest BCUT2D eigenvalue weighted by atomic mass is 9.86. The van der Waals surface area contributed by atoms with Gasteiger partial charge in [-0.05, 0) is 47.9 Å². The number of carbonyl (C=O) groups excluding carboxylic acids is 1. The third-order valence-electron chi connectivity index (χ3n) is 6.32. The summed E-state index contributed by atoms with van der Waals surface area (Å²) in [6.07, 6.45) is 0.248. The molecule has 0 saturated carbocycles. The molecule has 2 aliphatic heterocycles. The average molecular weight is 502 g/mol. The summed E-state index contributed by atoms with van der Waals surface area (Å²) in [5.41, 5.74) is 4.61. The summed E-state index contributed by atoms with van der Waals surface area (Å²) in [5.74, 6) is 1.08. The van der Waals surface area contributed by atoms with Gasteiger partial charge in [-0.25, -0.2) is 0 Å². The van der Waals surface area contributed by atoms with Gasteiger partial charge in [-0.1, -0.05) is 71.9 Å². The van der Waals surface area contributed by atoms with E-state index in [1.807, 2.05) is 79.7 Å². The Bertz CT molecular complexity index is 1340. The minimum absolute atomic E-state index is 0.00927. The number of fused-ring (bicyclic) bond motifs is 1. The normalized spacial score (nSPS) is 17.7.